The smallest absolute Gasteiger partial charge is 0.333 e. The van der Waals surface area contributed by atoms with Crippen molar-refractivity contribution in [1.82, 2.24) is 9.88 Å². The molecular weight excluding hydrogens is 452 g/mol. The molecule has 8 heteroatoms. The van der Waals surface area contributed by atoms with Crippen LogP contribution in [-0.4, -0.2) is 22.4 Å². The summed E-state index contributed by atoms with van der Waals surface area (Å²) in [4.78, 5) is 39.2. The van der Waals surface area contributed by atoms with Gasteiger partial charge in [-0.05, 0) is 48.5 Å². The van der Waals surface area contributed by atoms with E-state index < -0.39 is 11.9 Å². The Bertz CT molecular complexity index is 1440. The summed E-state index contributed by atoms with van der Waals surface area (Å²) in [6, 6.07) is 22.7. The molecule has 1 aromatic heterocycles. The maximum Gasteiger partial charge on any atom is 0.333 e. The summed E-state index contributed by atoms with van der Waals surface area (Å²) in [6.45, 7) is 0.0930. The third kappa shape index (κ3) is 4.16. The summed E-state index contributed by atoms with van der Waals surface area (Å²) in [5, 5.41) is 6.88. The fourth-order valence-corrected chi connectivity index (χ4v) is 4.04. The third-order valence-electron chi connectivity index (χ3n) is 5.45. The van der Waals surface area contributed by atoms with Crippen molar-refractivity contribution in [2.45, 2.75) is 6.54 Å². The summed E-state index contributed by atoms with van der Waals surface area (Å²) >= 11 is 5.92. The number of urea groups is 1. The largest absolute Gasteiger partial charge is 0.337 e. The Balaban J connectivity index is 1.44. The monoisotopic (exact) mass is 470 g/mol. The highest BCUT2D eigenvalue weighted by molar-refractivity contribution is 6.31. The summed E-state index contributed by atoms with van der Waals surface area (Å²) < 4.78 is 1.82. The van der Waals surface area contributed by atoms with E-state index in [9.17, 15) is 14.4 Å². The van der Waals surface area contributed by atoms with Gasteiger partial charge >= 0.3 is 6.03 Å². The number of benzene rings is 3. The molecule has 34 heavy (non-hydrogen) atoms. The Hall–Kier alpha value is -4.36. The van der Waals surface area contributed by atoms with Gasteiger partial charge in [0.05, 0.1) is 5.69 Å². The minimum Gasteiger partial charge on any atom is -0.337 e. The molecule has 2 N–H and O–H groups in total. The van der Waals surface area contributed by atoms with Gasteiger partial charge in [0.25, 0.3) is 5.91 Å². The Kier molecular flexibility index (Phi) is 5.61. The average Bonchev–Trinajstić information content (AvgIpc) is 3.31. The number of anilines is 2. The summed E-state index contributed by atoms with van der Waals surface area (Å²) in [6.07, 6.45) is 3.43. The molecule has 0 radical (unpaired) electrons. The quantitative estimate of drug-likeness (QED) is 0.317. The molecule has 4 aromatic rings. The second kappa shape index (κ2) is 8.88. The van der Waals surface area contributed by atoms with Crippen LogP contribution in [0.25, 0.3) is 17.0 Å². The third-order valence-corrected chi connectivity index (χ3v) is 5.71. The topological polar surface area (TPSA) is 83.4 Å². The van der Waals surface area contributed by atoms with Crippen LogP contribution in [0.1, 0.15) is 5.56 Å². The van der Waals surface area contributed by atoms with E-state index in [1.165, 1.54) is 0 Å². The van der Waals surface area contributed by atoms with Crippen LogP contribution in [0.4, 0.5) is 16.2 Å². The highest BCUT2D eigenvalue weighted by atomic mass is 35.5. The van der Waals surface area contributed by atoms with Crippen molar-refractivity contribution in [3.05, 3.63) is 101 Å². The summed E-state index contributed by atoms with van der Waals surface area (Å²) in [7, 11) is 0. The zero-order valence-electron chi connectivity index (χ0n) is 17.9. The number of rotatable bonds is 5. The van der Waals surface area contributed by atoms with Gasteiger partial charge in [-0.3, -0.25) is 9.59 Å². The molecule has 1 aliphatic rings. The Morgan fingerprint density at radius 3 is 2.41 bits per heavy atom. The number of nitrogens with zero attached hydrogens (tertiary/aromatic N) is 2. The van der Waals surface area contributed by atoms with Crippen molar-refractivity contribution in [3.63, 3.8) is 0 Å². The number of hydrogen-bond donors (Lipinski definition) is 2. The molecule has 4 amide bonds. The van der Waals surface area contributed by atoms with E-state index in [4.69, 9.17) is 11.6 Å². The van der Waals surface area contributed by atoms with Crippen LogP contribution >= 0.6 is 11.6 Å². The molecule has 1 saturated heterocycles. The molecular formula is C26H19ClN4O3. The SMILES string of the molecule is O=C(Cn1cc(/C=C2/NC(=O)N(c3ccc(Cl)cc3)C2=O)c2ccccc21)Nc1ccccc1. The van der Waals surface area contributed by atoms with Gasteiger partial charge in [-0.25, -0.2) is 9.69 Å². The van der Waals surface area contributed by atoms with Crippen LogP contribution in [0.5, 0.6) is 0 Å². The van der Waals surface area contributed by atoms with Crippen molar-refractivity contribution < 1.29 is 14.4 Å². The average molecular weight is 471 g/mol. The first kappa shape index (κ1) is 21.5. The fourth-order valence-electron chi connectivity index (χ4n) is 3.91. The van der Waals surface area contributed by atoms with E-state index in [0.717, 1.165) is 15.8 Å². The van der Waals surface area contributed by atoms with Gasteiger partial charge in [-0.1, -0.05) is 48.0 Å². The Morgan fingerprint density at radius 2 is 1.65 bits per heavy atom. The van der Waals surface area contributed by atoms with E-state index in [1.807, 2.05) is 59.2 Å². The predicted molar refractivity (Wildman–Crippen MR) is 132 cm³/mol. The van der Waals surface area contributed by atoms with Gasteiger partial charge in [-0.2, -0.15) is 0 Å². The molecule has 0 saturated carbocycles. The first-order chi connectivity index (χ1) is 16.5. The normalized spacial score (nSPS) is 14.6. The van der Waals surface area contributed by atoms with Crippen molar-refractivity contribution >= 4 is 57.8 Å². The second-order valence-corrected chi connectivity index (χ2v) is 8.19. The number of imide groups is 1. The number of para-hydroxylation sites is 2. The highest BCUT2D eigenvalue weighted by Crippen LogP contribution is 2.27. The van der Waals surface area contributed by atoms with Gasteiger partial charge < -0.3 is 15.2 Å². The first-order valence-corrected chi connectivity index (χ1v) is 10.9. The molecule has 0 unspecified atom stereocenters. The maximum atomic E-state index is 13.0. The minimum atomic E-state index is -0.537. The molecule has 3 aromatic carbocycles. The number of amides is 4. The molecule has 7 nitrogen and oxygen atoms in total. The van der Waals surface area contributed by atoms with Gasteiger partial charge in [0.2, 0.25) is 5.91 Å². The van der Waals surface area contributed by atoms with Crippen molar-refractivity contribution in [2.75, 3.05) is 10.2 Å². The molecule has 1 aliphatic heterocycles. The van der Waals surface area contributed by atoms with Crippen LogP contribution in [0.2, 0.25) is 5.02 Å². The molecule has 0 spiro atoms. The van der Waals surface area contributed by atoms with Crippen LogP contribution in [-0.2, 0) is 16.1 Å². The predicted octanol–water partition coefficient (Wildman–Crippen LogP) is 5.03. The number of carbonyl (C=O) groups is 3. The van der Waals surface area contributed by atoms with Gasteiger partial charge in [0.15, 0.2) is 0 Å². The fraction of sp³-hybridized carbons (Fsp3) is 0.0385. The van der Waals surface area contributed by atoms with E-state index >= 15 is 0 Å². The van der Waals surface area contributed by atoms with Gasteiger partial charge in [-0.15, -0.1) is 0 Å². The van der Waals surface area contributed by atoms with Crippen LogP contribution in [0, 0.1) is 0 Å². The number of aromatic nitrogens is 1. The zero-order valence-corrected chi connectivity index (χ0v) is 18.6. The molecule has 5 rings (SSSR count). The Morgan fingerprint density at radius 1 is 0.941 bits per heavy atom. The number of nitrogens with one attached hydrogen (secondary N) is 2. The molecule has 0 atom stereocenters. The van der Waals surface area contributed by atoms with Crippen LogP contribution in [0.3, 0.4) is 0 Å². The second-order valence-electron chi connectivity index (χ2n) is 7.75. The molecule has 0 bridgehead atoms. The van der Waals surface area contributed by atoms with E-state index in [1.54, 1.807) is 36.5 Å². The molecule has 1 fully saturated rings. The minimum absolute atomic E-state index is 0.0930. The molecule has 0 aliphatic carbocycles. The lowest BCUT2D eigenvalue weighted by Gasteiger charge is -2.11. The Labute approximate surface area is 200 Å². The molecule has 168 valence electrons. The van der Waals surface area contributed by atoms with Crippen LogP contribution < -0.4 is 15.5 Å². The standard InChI is InChI=1S/C26H19ClN4O3/c27-18-10-12-20(13-11-18)31-25(33)22(29-26(31)34)14-17-15-30(23-9-5-4-8-21(17)23)16-24(32)28-19-6-2-1-3-7-19/h1-15H,16H2,(H,28,32)(H,29,34)/b22-14+. The maximum absolute atomic E-state index is 13.0. The summed E-state index contributed by atoms with van der Waals surface area (Å²) in [5.74, 6) is -0.642. The van der Waals surface area contributed by atoms with Gasteiger partial charge in [0, 0.05) is 33.4 Å². The lowest BCUT2D eigenvalue weighted by molar-refractivity contribution is -0.116. The lowest BCUT2D eigenvalue weighted by atomic mass is 10.1. The number of hydrogen-bond acceptors (Lipinski definition) is 3. The van der Waals surface area contributed by atoms with Crippen LogP contribution in [0.15, 0.2) is 90.8 Å². The van der Waals surface area contributed by atoms with E-state index in [-0.39, 0.29) is 18.1 Å². The molecule has 2 heterocycles. The van der Waals surface area contributed by atoms with Crippen molar-refractivity contribution in [1.29, 1.82) is 0 Å². The summed E-state index contributed by atoms with van der Waals surface area (Å²) in [5.41, 5.74) is 2.84. The van der Waals surface area contributed by atoms with E-state index in [2.05, 4.69) is 10.6 Å². The number of fused-ring (bicyclic) bond motifs is 1. The van der Waals surface area contributed by atoms with E-state index in [0.29, 0.717) is 22.0 Å². The lowest BCUT2D eigenvalue weighted by Crippen LogP contribution is -2.30. The highest BCUT2D eigenvalue weighted by Gasteiger charge is 2.35. The number of halogens is 1. The number of carbonyl (C=O) groups excluding carboxylic acids is 3. The van der Waals surface area contributed by atoms with Crippen molar-refractivity contribution in [3.8, 4) is 0 Å². The van der Waals surface area contributed by atoms with Gasteiger partial charge in [0.1, 0.15) is 12.2 Å². The first-order valence-electron chi connectivity index (χ1n) is 10.5. The zero-order chi connectivity index (χ0) is 23.7. The van der Waals surface area contributed by atoms with Crippen molar-refractivity contribution in [2.24, 2.45) is 0 Å².